The standard InChI is InChI=1S/C19H26FN3O2/c1-14-5-6-16(13-17(14)20)18(24)21-7-8-22-9-11-23(12-10-22)19(25)15-3-2-4-15/h5-6,13,15H,2-4,7-12H2,1H3,(H,21,24). The molecule has 1 aromatic rings. The lowest BCUT2D eigenvalue weighted by Crippen LogP contribution is -2.52. The van der Waals surface area contributed by atoms with Crippen molar-refractivity contribution in [1.29, 1.82) is 0 Å². The Hall–Kier alpha value is -1.95. The lowest BCUT2D eigenvalue weighted by atomic mass is 9.84. The zero-order valence-corrected chi connectivity index (χ0v) is 14.8. The lowest BCUT2D eigenvalue weighted by Gasteiger charge is -2.38. The number of halogens is 1. The molecule has 0 unspecified atom stereocenters. The van der Waals surface area contributed by atoms with Gasteiger partial charge < -0.3 is 10.2 Å². The first-order valence-corrected chi connectivity index (χ1v) is 9.10. The molecule has 1 heterocycles. The number of carbonyl (C=O) groups is 2. The van der Waals surface area contributed by atoms with Crippen LogP contribution in [0.5, 0.6) is 0 Å². The van der Waals surface area contributed by atoms with Gasteiger partial charge in [-0.05, 0) is 37.5 Å². The van der Waals surface area contributed by atoms with Crippen LogP contribution in [0.25, 0.3) is 0 Å². The largest absolute Gasteiger partial charge is 0.351 e. The predicted octanol–water partition coefficient (Wildman–Crippen LogP) is 1.81. The van der Waals surface area contributed by atoms with Crippen LogP contribution >= 0.6 is 0 Å². The number of benzene rings is 1. The second-order valence-electron chi connectivity index (χ2n) is 7.01. The van der Waals surface area contributed by atoms with E-state index in [0.29, 0.717) is 23.6 Å². The maximum Gasteiger partial charge on any atom is 0.251 e. The minimum atomic E-state index is -0.361. The molecule has 5 nitrogen and oxygen atoms in total. The zero-order valence-electron chi connectivity index (χ0n) is 14.8. The maximum absolute atomic E-state index is 13.5. The summed E-state index contributed by atoms with van der Waals surface area (Å²) in [6.07, 6.45) is 3.27. The molecule has 0 radical (unpaired) electrons. The van der Waals surface area contributed by atoms with Crippen LogP contribution in [0, 0.1) is 18.7 Å². The summed E-state index contributed by atoms with van der Waals surface area (Å²) in [5, 5.41) is 2.84. The summed E-state index contributed by atoms with van der Waals surface area (Å²) in [5.74, 6) is -0.0288. The molecule has 1 aliphatic heterocycles. The Bertz CT molecular complexity index is 638. The molecule has 0 bridgehead atoms. The van der Waals surface area contributed by atoms with E-state index in [4.69, 9.17) is 0 Å². The van der Waals surface area contributed by atoms with E-state index in [1.165, 1.54) is 12.5 Å². The molecule has 1 N–H and O–H groups in total. The smallest absolute Gasteiger partial charge is 0.251 e. The third kappa shape index (κ3) is 4.37. The first-order valence-electron chi connectivity index (χ1n) is 9.10. The van der Waals surface area contributed by atoms with Gasteiger partial charge in [0.25, 0.3) is 5.91 Å². The third-order valence-corrected chi connectivity index (χ3v) is 5.29. The Labute approximate surface area is 148 Å². The molecule has 25 heavy (non-hydrogen) atoms. The second kappa shape index (κ2) is 7.95. The predicted molar refractivity (Wildman–Crippen MR) is 93.8 cm³/mol. The monoisotopic (exact) mass is 347 g/mol. The van der Waals surface area contributed by atoms with E-state index < -0.39 is 0 Å². The van der Waals surface area contributed by atoms with Gasteiger partial charge >= 0.3 is 0 Å². The molecule has 6 heteroatoms. The van der Waals surface area contributed by atoms with Gasteiger partial charge in [0.05, 0.1) is 0 Å². The second-order valence-corrected chi connectivity index (χ2v) is 7.01. The van der Waals surface area contributed by atoms with Crippen molar-refractivity contribution in [2.24, 2.45) is 5.92 Å². The molecule has 2 aliphatic rings. The third-order valence-electron chi connectivity index (χ3n) is 5.29. The number of nitrogens with one attached hydrogen (secondary N) is 1. The van der Waals surface area contributed by atoms with Crippen LogP contribution in [0.4, 0.5) is 4.39 Å². The van der Waals surface area contributed by atoms with Crippen molar-refractivity contribution in [3.63, 3.8) is 0 Å². The first kappa shape index (κ1) is 17.9. The van der Waals surface area contributed by atoms with Crippen LogP contribution in [0.2, 0.25) is 0 Å². The number of amides is 2. The molecule has 1 aliphatic carbocycles. The minimum absolute atomic E-state index is 0.252. The molecule has 3 rings (SSSR count). The van der Waals surface area contributed by atoms with Gasteiger partial charge in [0, 0.05) is 50.7 Å². The van der Waals surface area contributed by atoms with Crippen molar-refractivity contribution < 1.29 is 14.0 Å². The van der Waals surface area contributed by atoms with Crippen molar-refractivity contribution in [2.45, 2.75) is 26.2 Å². The van der Waals surface area contributed by atoms with Gasteiger partial charge in [-0.15, -0.1) is 0 Å². The Morgan fingerprint density at radius 2 is 1.92 bits per heavy atom. The first-order chi connectivity index (χ1) is 12.0. The van der Waals surface area contributed by atoms with Gasteiger partial charge in [-0.2, -0.15) is 0 Å². The highest BCUT2D eigenvalue weighted by Gasteiger charge is 2.30. The van der Waals surface area contributed by atoms with Crippen LogP contribution in [-0.4, -0.2) is 60.9 Å². The average Bonchev–Trinajstić information content (AvgIpc) is 2.56. The van der Waals surface area contributed by atoms with Crippen LogP contribution in [0.3, 0.4) is 0 Å². The molecule has 0 aromatic heterocycles. The molecular formula is C19H26FN3O2. The quantitative estimate of drug-likeness (QED) is 0.884. The molecule has 2 fully saturated rings. The highest BCUT2D eigenvalue weighted by atomic mass is 19.1. The summed E-state index contributed by atoms with van der Waals surface area (Å²) in [4.78, 5) is 28.5. The number of piperazine rings is 1. The van der Waals surface area contributed by atoms with Crippen molar-refractivity contribution >= 4 is 11.8 Å². The molecule has 0 spiro atoms. The Kier molecular flexibility index (Phi) is 5.68. The summed E-state index contributed by atoms with van der Waals surface area (Å²) >= 11 is 0. The van der Waals surface area contributed by atoms with E-state index in [1.54, 1.807) is 19.1 Å². The molecule has 1 saturated heterocycles. The lowest BCUT2D eigenvalue weighted by molar-refractivity contribution is -0.139. The summed E-state index contributed by atoms with van der Waals surface area (Å²) in [5.41, 5.74) is 0.880. The number of rotatable bonds is 5. The van der Waals surface area contributed by atoms with Gasteiger partial charge in [-0.1, -0.05) is 12.5 Å². The average molecular weight is 347 g/mol. The van der Waals surface area contributed by atoms with E-state index >= 15 is 0 Å². The van der Waals surface area contributed by atoms with Crippen LogP contribution in [0.1, 0.15) is 35.2 Å². The van der Waals surface area contributed by atoms with Gasteiger partial charge in [-0.3, -0.25) is 14.5 Å². The highest BCUT2D eigenvalue weighted by Crippen LogP contribution is 2.28. The van der Waals surface area contributed by atoms with E-state index in [2.05, 4.69) is 10.2 Å². The van der Waals surface area contributed by atoms with Crippen LogP contribution in [-0.2, 0) is 4.79 Å². The van der Waals surface area contributed by atoms with Crippen molar-refractivity contribution in [1.82, 2.24) is 15.1 Å². The Morgan fingerprint density at radius 3 is 2.52 bits per heavy atom. The number of hydrogen-bond acceptors (Lipinski definition) is 3. The van der Waals surface area contributed by atoms with E-state index in [0.717, 1.165) is 45.6 Å². The minimum Gasteiger partial charge on any atom is -0.351 e. The fourth-order valence-corrected chi connectivity index (χ4v) is 3.27. The van der Waals surface area contributed by atoms with Gasteiger partial charge in [0.15, 0.2) is 0 Å². The number of aryl methyl sites for hydroxylation is 1. The van der Waals surface area contributed by atoms with Gasteiger partial charge in [0.1, 0.15) is 5.82 Å². The number of carbonyl (C=O) groups excluding carboxylic acids is 2. The van der Waals surface area contributed by atoms with E-state index in [1.807, 2.05) is 4.90 Å². The van der Waals surface area contributed by atoms with Crippen LogP contribution < -0.4 is 5.32 Å². The van der Waals surface area contributed by atoms with Crippen molar-refractivity contribution in [2.75, 3.05) is 39.3 Å². The SMILES string of the molecule is Cc1ccc(C(=O)NCCN2CCN(C(=O)C3CCC3)CC2)cc1F. The summed E-state index contributed by atoms with van der Waals surface area (Å²) in [6.45, 7) is 6.16. The summed E-state index contributed by atoms with van der Waals surface area (Å²) in [7, 11) is 0. The normalized spacial score (nSPS) is 18.7. The fourth-order valence-electron chi connectivity index (χ4n) is 3.27. The number of nitrogens with zero attached hydrogens (tertiary/aromatic N) is 2. The van der Waals surface area contributed by atoms with E-state index in [-0.39, 0.29) is 17.6 Å². The van der Waals surface area contributed by atoms with Gasteiger partial charge in [-0.25, -0.2) is 4.39 Å². The Morgan fingerprint density at radius 1 is 1.20 bits per heavy atom. The van der Waals surface area contributed by atoms with Gasteiger partial charge in [0.2, 0.25) is 5.91 Å². The number of hydrogen-bond donors (Lipinski definition) is 1. The highest BCUT2D eigenvalue weighted by molar-refractivity contribution is 5.94. The van der Waals surface area contributed by atoms with Crippen LogP contribution in [0.15, 0.2) is 18.2 Å². The zero-order chi connectivity index (χ0) is 17.8. The van der Waals surface area contributed by atoms with Crippen molar-refractivity contribution in [3.05, 3.63) is 35.1 Å². The molecule has 1 aromatic carbocycles. The van der Waals surface area contributed by atoms with E-state index in [9.17, 15) is 14.0 Å². The topological polar surface area (TPSA) is 52.7 Å². The molecule has 0 atom stereocenters. The summed E-state index contributed by atoms with van der Waals surface area (Å²) in [6, 6.07) is 4.52. The molecule has 2 amide bonds. The molecular weight excluding hydrogens is 321 g/mol. The molecule has 1 saturated carbocycles. The maximum atomic E-state index is 13.5. The van der Waals surface area contributed by atoms with Crippen molar-refractivity contribution in [3.8, 4) is 0 Å². The fraction of sp³-hybridized carbons (Fsp3) is 0.579. The Balaban J connectivity index is 1.37. The molecule has 136 valence electrons. The summed E-state index contributed by atoms with van der Waals surface area (Å²) < 4.78 is 13.5.